The van der Waals surface area contributed by atoms with Gasteiger partial charge in [0.25, 0.3) is 10.0 Å². The van der Waals surface area contributed by atoms with Crippen molar-refractivity contribution in [3.8, 4) is 0 Å². The average Bonchev–Trinajstić information content (AvgIpc) is 2.58. The van der Waals surface area contributed by atoms with Crippen LogP contribution in [0.25, 0.3) is 0 Å². The molecule has 0 aliphatic heterocycles. The van der Waals surface area contributed by atoms with Crippen LogP contribution in [0.3, 0.4) is 0 Å². The Balaban J connectivity index is 2.70. The molecule has 0 saturated carbocycles. The first-order valence-corrected chi connectivity index (χ1v) is 8.38. The van der Waals surface area contributed by atoms with Gasteiger partial charge < -0.3 is 4.98 Å². The molecule has 104 valence electrons. The molecule has 1 heterocycles. The molecule has 0 radical (unpaired) electrons. The van der Waals surface area contributed by atoms with Crippen LogP contribution in [0.15, 0.2) is 9.00 Å². The van der Waals surface area contributed by atoms with E-state index in [9.17, 15) is 13.2 Å². The van der Waals surface area contributed by atoms with E-state index in [2.05, 4.69) is 16.6 Å². The summed E-state index contributed by atoms with van der Waals surface area (Å²) in [6.07, 6.45) is 4.02. The Hall–Kier alpha value is -0.660. The zero-order chi connectivity index (χ0) is 13.8. The van der Waals surface area contributed by atoms with E-state index in [4.69, 9.17) is 0 Å². The molecule has 2 N–H and O–H groups in total. The Morgan fingerprint density at radius 1 is 1.39 bits per heavy atom. The van der Waals surface area contributed by atoms with Crippen LogP contribution in [0.2, 0.25) is 0 Å². The molecule has 1 atom stereocenters. The number of aromatic amines is 1. The van der Waals surface area contributed by atoms with E-state index in [1.807, 2.05) is 6.92 Å². The van der Waals surface area contributed by atoms with Crippen molar-refractivity contribution in [2.45, 2.75) is 56.7 Å². The van der Waals surface area contributed by atoms with E-state index in [1.165, 1.54) is 0 Å². The van der Waals surface area contributed by atoms with Gasteiger partial charge in [0, 0.05) is 11.7 Å². The number of unbranched alkanes of at least 4 members (excludes halogenated alkanes) is 2. The number of nitrogens with one attached hydrogen (secondary N) is 2. The zero-order valence-electron chi connectivity index (χ0n) is 10.9. The SMILES string of the molecule is CCCCCC(C)NS(=O)(=O)c1sc(=O)[nH]c1C. The van der Waals surface area contributed by atoms with Crippen molar-refractivity contribution in [3.05, 3.63) is 15.4 Å². The third-order valence-electron chi connectivity index (χ3n) is 2.62. The lowest BCUT2D eigenvalue weighted by molar-refractivity contribution is 0.528. The highest BCUT2D eigenvalue weighted by Crippen LogP contribution is 2.16. The first-order valence-electron chi connectivity index (χ1n) is 6.09. The molecule has 0 spiro atoms. The number of thiazole rings is 1. The highest BCUT2D eigenvalue weighted by atomic mass is 32.2. The maximum Gasteiger partial charge on any atom is 0.305 e. The Morgan fingerprint density at radius 3 is 2.56 bits per heavy atom. The number of hydrogen-bond acceptors (Lipinski definition) is 4. The first-order chi connectivity index (χ1) is 8.36. The van der Waals surface area contributed by atoms with Gasteiger partial charge in [-0.05, 0) is 20.3 Å². The molecular weight excluding hydrogens is 272 g/mol. The Labute approximate surface area is 112 Å². The molecule has 0 aliphatic carbocycles. The highest BCUT2D eigenvalue weighted by Gasteiger charge is 2.22. The van der Waals surface area contributed by atoms with Crippen molar-refractivity contribution in [2.24, 2.45) is 0 Å². The highest BCUT2D eigenvalue weighted by molar-refractivity contribution is 7.91. The van der Waals surface area contributed by atoms with E-state index in [-0.39, 0.29) is 15.1 Å². The quantitative estimate of drug-likeness (QED) is 0.754. The Kier molecular flexibility index (Phi) is 5.55. The summed E-state index contributed by atoms with van der Waals surface area (Å²) < 4.78 is 26.8. The second-order valence-corrected chi connectivity index (χ2v) is 7.34. The molecule has 7 heteroatoms. The van der Waals surface area contributed by atoms with Crippen molar-refractivity contribution in [1.29, 1.82) is 0 Å². The number of aryl methyl sites for hydroxylation is 1. The van der Waals surface area contributed by atoms with Crippen LogP contribution in [-0.4, -0.2) is 19.4 Å². The fourth-order valence-electron chi connectivity index (χ4n) is 1.72. The Bertz CT molecular complexity index is 531. The molecule has 0 aromatic carbocycles. The lowest BCUT2D eigenvalue weighted by Crippen LogP contribution is -2.32. The summed E-state index contributed by atoms with van der Waals surface area (Å²) in [6, 6.07) is -0.113. The summed E-state index contributed by atoms with van der Waals surface area (Å²) in [4.78, 5) is 13.3. The summed E-state index contributed by atoms with van der Waals surface area (Å²) in [5.41, 5.74) is 0.401. The van der Waals surface area contributed by atoms with Gasteiger partial charge in [-0.15, -0.1) is 0 Å². The normalized spacial score (nSPS) is 13.7. The zero-order valence-corrected chi connectivity index (χ0v) is 12.6. The van der Waals surface area contributed by atoms with Gasteiger partial charge in [-0.2, -0.15) is 0 Å². The second kappa shape index (κ2) is 6.49. The summed E-state index contributed by atoms with van der Waals surface area (Å²) in [7, 11) is -3.57. The topological polar surface area (TPSA) is 79.0 Å². The molecule has 1 rings (SSSR count). The molecular formula is C11H20N2O3S2. The monoisotopic (exact) mass is 292 g/mol. The lowest BCUT2D eigenvalue weighted by atomic mass is 10.1. The van der Waals surface area contributed by atoms with Gasteiger partial charge in [-0.1, -0.05) is 37.5 Å². The van der Waals surface area contributed by atoms with Crippen molar-refractivity contribution >= 4 is 21.4 Å². The summed E-state index contributed by atoms with van der Waals surface area (Å²) in [5.74, 6) is 0. The van der Waals surface area contributed by atoms with Gasteiger partial charge in [-0.25, -0.2) is 13.1 Å². The number of H-pyrrole nitrogens is 1. The molecule has 0 saturated heterocycles. The van der Waals surface area contributed by atoms with Crippen LogP contribution in [0.1, 0.15) is 45.2 Å². The van der Waals surface area contributed by atoms with Crippen molar-refractivity contribution in [1.82, 2.24) is 9.71 Å². The standard InChI is InChI=1S/C11H20N2O3S2/c1-4-5-6-7-8(2)13-18(15,16)10-9(3)12-11(14)17-10/h8,13H,4-7H2,1-3H3,(H,12,14). The van der Waals surface area contributed by atoms with E-state index in [0.717, 1.165) is 37.0 Å². The maximum absolute atomic E-state index is 12.0. The number of rotatable bonds is 7. The Morgan fingerprint density at radius 2 is 2.06 bits per heavy atom. The van der Waals surface area contributed by atoms with E-state index in [1.54, 1.807) is 6.92 Å². The summed E-state index contributed by atoms with van der Waals surface area (Å²) >= 11 is 0.730. The third-order valence-corrected chi connectivity index (χ3v) is 5.82. The van der Waals surface area contributed by atoms with E-state index >= 15 is 0 Å². The van der Waals surface area contributed by atoms with Crippen LogP contribution in [0.5, 0.6) is 0 Å². The van der Waals surface area contributed by atoms with Gasteiger partial charge >= 0.3 is 4.87 Å². The summed E-state index contributed by atoms with van der Waals surface area (Å²) in [5, 5.41) is 0. The van der Waals surface area contributed by atoms with Crippen LogP contribution in [0.4, 0.5) is 0 Å². The van der Waals surface area contributed by atoms with Crippen molar-refractivity contribution in [3.63, 3.8) is 0 Å². The third kappa shape index (κ3) is 4.22. The molecule has 1 unspecified atom stereocenters. The molecule has 0 amide bonds. The largest absolute Gasteiger partial charge is 0.315 e. The first kappa shape index (κ1) is 15.4. The smallest absolute Gasteiger partial charge is 0.305 e. The molecule has 1 aromatic heterocycles. The van der Waals surface area contributed by atoms with Gasteiger partial charge in [-0.3, -0.25) is 4.79 Å². The molecule has 5 nitrogen and oxygen atoms in total. The maximum atomic E-state index is 12.0. The van der Waals surface area contributed by atoms with E-state index in [0.29, 0.717) is 5.69 Å². The minimum Gasteiger partial charge on any atom is -0.315 e. The molecule has 0 aliphatic rings. The molecule has 1 aromatic rings. The fraction of sp³-hybridized carbons (Fsp3) is 0.727. The predicted octanol–water partition coefficient (Wildman–Crippen LogP) is 1.99. The number of sulfonamides is 1. The van der Waals surface area contributed by atoms with Crippen LogP contribution in [0, 0.1) is 6.92 Å². The second-order valence-electron chi connectivity index (χ2n) is 4.45. The average molecular weight is 292 g/mol. The van der Waals surface area contributed by atoms with Crippen LogP contribution < -0.4 is 9.60 Å². The van der Waals surface area contributed by atoms with Crippen molar-refractivity contribution in [2.75, 3.05) is 0 Å². The minimum atomic E-state index is -3.57. The van der Waals surface area contributed by atoms with Crippen LogP contribution in [-0.2, 0) is 10.0 Å². The molecule has 18 heavy (non-hydrogen) atoms. The van der Waals surface area contributed by atoms with Gasteiger partial charge in [0.05, 0.1) is 0 Å². The molecule has 0 bridgehead atoms. The summed E-state index contributed by atoms with van der Waals surface area (Å²) in [6.45, 7) is 5.54. The van der Waals surface area contributed by atoms with Gasteiger partial charge in [0.1, 0.15) is 0 Å². The fourth-order valence-corrected chi connectivity index (χ4v) is 4.32. The van der Waals surface area contributed by atoms with E-state index < -0.39 is 10.0 Å². The number of aromatic nitrogens is 1. The van der Waals surface area contributed by atoms with Gasteiger partial charge in [0.15, 0.2) is 4.21 Å². The molecule has 0 fully saturated rings. The minimum absolute atomic E-state index is 0.0924. The van der Waals surface area contributed by atoms with Crippen molar-refractivity contribution < 1.29 is 8.42 Å². The lowest BCUT2D eigenvalue weighted by Gasteiger charge is -2.13. The predicted molar refractivity (Wildman–Crippen MR) is 73.6 cm³/mol. The number of hydrogen-bond donors (Lipinski definition) is 2. The van der Waals surface area contributed by atoms with Crippen LogP contribution >= 0.6 is 11.3 Å². The van der Waals surface area contributed by atoms with Gasteiger partial charge in [0.2, 0.25) is 0 Å².